The van der Waals surface area contributed by atoms with Gasteiger partial charge >= 0.3 is 0 Å². The molecule has 4 rings (SSSR count). The minimum absolute atomic E-state index is 0.0104. The fourth-order valence-electron chi connectivity index (χ4n) is 3.16. The lowest BCUT2D eigenvalue weighted by Gasteiger charge is -2.31. The molecule has 5 nitrogen and oxygen atoms in total. The van der Waals surface area contributed by atoms with E-state index in [2.05, 4.69) is 14.1 Å². The molecule has 1 N–H and O–H groups in total. The number of carbonyl (C=O) groups excluding carboxylic acids is 1. The predicted octanol–water partition coefficient (Wildman–Crippen LogP) is 3.36. The van der Waals surface area contributed by atoms with Gasteiger partial charge in [-0.25, -0.2) is 8.78 Å². The van der Waals surface area contributed by atoms with Crippen LogP contribution in [0, 0.1) is 11.6 Å². The van der Waals surface area contributed by atoms with Crippen molar-refractivity contribution in [3.05, 3.63) is 47.5 Å². The number of hydrogen-bond acceptors (Lipinski definition) is 5. The molecule has 2 aromatic carbocycles. The Balaban J connectivity index is 1.55. The van der Waals surface area contributed by atoms with Crippen molar-refractivity contribution in [1.82, 2.24) is 8.75 Å². The number of aromatic nitrogens is 2. The normalized spacial score (nSPS) is 13.8. The number of nitrogens with one attached hydrogen (secondary N) is 1. The molecule has 128 valence electrons. The van der Waals surface area contributed by atoms with Crippen molar-refractivity contribution in [2.45, 2.75) is 12.8 Å². The van der Waals surface area contributed by atoms with E-state index >= 15 is 0 Å². The first-order valence-electron chi connectivity index (χ1n) is 7.86. The SMILES string of the molecule is O=C(CN1CCCc2cc(F)cc(F)c21)Nc1cccc2nsnc12. The number of halogens is 2. The second-order valence-electron chi connectivity index (χ2n) is 5.91. The van der Waals surface area contributed by atoms with E-state index in [4.69, 9.17) is 0 Å². The molecule has 0 radical (unpaired) electrons. The molecule has 0 unspecified atom stereocenters. The lowest BCUT2D eigenvalue weighted by Crippen LogP contribution is -2.37. The van der Waals surface area contributed by atoms with Crippen molar-refractivity contribution in [3.63, 3.8) is 0 Å². The minimum Gasteiger partial charge on any atom is -0.360 e. The molecule has 0 atom stereocenters. The van der Waals surface area contributed by atoms with Gasteiger partial charge in [0.05, 0.1) is 29.6 Å². The first-order chi connectivity index (χ1) is 12.1. The average molecular weight is 360 g/mol. The molecular weight excluding hydrogens is 346 g/mol. The van der Waals surface area contributed by atoms with Crippen LogP contribution in [0.5, 0.6) is 0 Å². The Hall–Kier alpha value is -2.61. The standard InChI is InChI=1S/C17H14F2N4OS/c18-11-7-10-3-2-6-23(17(10)12(19)8-11)9-15(24)20-13-4-1-5-14-16(13)22-25-21-14/h1,4-5,7-8H,2-3,6,9H2,(H,20,24). The number of anilines is 2. The molecule has 0 saturated heterocycles. The second-order valence-corrected chi connectivity index (χ2v) is 6.43. The second kappa shape index (κ2) is 6.36. The third kappa shape index (κ3) is 3.05. The third-order valence-corrected chi connectivity index (χ3v) is 4.73. The van der Waals surface area contributed by atoms with E-state index < -0.39 is 11.6 Å². The van der Waals surface area contributed by atoms with E-state index in [0.29, 0.717) is 40.9 Å². The number of hydrogen-bond donors (Lipinski definition) is 1. The number of rotatable bonds is 3. The van der Waals surface area contributed by atoms with Gasteiger partial charge in [-0.15, -0.1) is 0 Å². The highest BCUT2D eigenvalue weighted by atomic mass is 32.1. The van der Waals surface area contributed by atoms with Gasteiger partial charge in [-0.2, -0.15) is 8.75 Å². The van der Waals surface area contributed by atoms with Crippen LogP contribution in [0.2, 0.25) is 0 Å². The van der Waals surface area contributed by atoms with Crippen LogP contribution >= 0.6 is 11.7 Å². The van der Waals surface area contributed by atoms with Crippen LogP contribution in [0.15, 0.2) is 30.3 Å². The van der Waals surface area contributed by atoms with Gasteiger partial charge in [-0.1, -0.05) is 6.07 Å². The highest BCUT2D eigenvalue weighted by Crippen LogP contribution is 2.31. The van der Waals surface area contributed by atoms with Gasteiger partial charge in [0, 0.05) is 12.6 Å². The summed E-state index contributed by atoms with van der Waals surface area (Å²) in [7, 11) is 0. The van der Waals surface area contributed by atoms with Crippen molar-refractivity contribution in [2.24, 2.45) is 0 Å². The molecule has 1 aliphatic heterocycles. The van der Waals surface area contributed by atoms with Crippen LogP contribution in [0.25, 0.3) is 11.0 Å². The van der Waals surface area contributed by atoms with Crippen molar-refractivity contribution in [3.8, 4) is 0 Å². The molecule has 0 fully saturated rings. The molecule has 8 heteroatoms. The van der Waals surface area contributed by atoms with E-state index in [1.54, 1.807) is 17.0 Å². The van der Waals surface area contributed by atoms with Gasteiger partial charge in [0.1, 0.15) is 22.7 Å². The molecule has 1 aliphatic rings. The summed E-state index contributed by atoms with van der Waals surface area (Å²) in [5.74, 6) is -1.50. The van der Waals surface area contributed by atoms with Gasteiger partial charge < -0.3 is 10.2 Å². The summed E-state index contributed by atoms with van der Waals surface area (Å²) in [4.78, 5) is 14.1. The molecule has 25 heavy (non-hydrogen) atoms. The maximum absolute atomic E-state index is 14.2. The first-order valence-corrected chi connectivity index (χ1v) is 8.59. The number of benzene rings is 2. The lowest BCUT2D eigenvalue weighted by molar-refractivity contribution is -0.115. The zero-order valence-electron chi connectivity index (χ0n) is 13.1. The Morgan fingerprint density at radius 3 is 3.04 bits per heavy atom. The summed E-state index contributed by atoms with van der Waals surface area (Å²) in [5.41, 5.74) is 2.84. The average Bonchev–Trinajstić information content (AvgIpc) is 3.04. The monoisotopic (exact) mass is 360 g/mol. The van der Waals surface area contributed by atoms with Crippen molar-refractivity contribution in [1.29, 1.82) is 0 Å². The van der Waals surface area contributed by atoms with E-state index in [1.165, 1.54) is 6.07 Å². The van der Waals surface area contributed by atoms with E-state index in [1.807, 2.05) is 6.07 Å². The van der Waals surface area contributed by atoms with Crippen LogP contribution in [0.4, 0.5) is 20.2 Å². The summed E-state index contributed by atoms with van der Waals surface area (Å²) < 4.78 is 35.9. The van der Waals surface area contributed by atoms with Crippen molar-refractivity contribution in [2.75, 3.05) is 23.3 Å². The first kappa shape index (κ1) is 15.9. The van der Waals surface area contributed by atoms with Crippen LogP contribution < -0.4 is 10.2 Å². The number of amides is 1. The Morgan fingerprint density at radius 1 is 1.28 bits per heavy atom. The summed E-state index contributed by atoms with van der Waals surface area (Å²) >= 11 is 1.08. The Labute approximate surface area is 146 Å². The van der Waals surface area contributed by atoms with Crippen molar-refractivity contribution >= 4 is 40.0 Å². The highest BCUT2D eigenvalue weighted by molar-refractivity contribution is 7.00. The van der Waals surface area contributed by atoms with Crippen LogP contribution in [0.1, 0.15) is 12.0 Å². The number of carbonyl (C=O) groups is 1. The highest BCUT2D eigenvalue weighted by Gasteiger charge is 2.24. The molecule has 0 saturated carbocycles. The van der Waals surface area contributed by atoms with Gasteiger partial charge in [0.25, 0.3) is 0 Å². The molecule has 1 aromatic heterocycles. The Kier molecular flexibility index (Phi) is 4.04. The smallest absolute Gasteiger partial charge is 0.243 e. The fourth-order valence-corrected chi connectivity index (χ4v) is 3.71. The molecule has 0 bridgehead atoms. The van der Waals surface area contributed by atoms with Crippen LogP contribution in [0.3, 0.4) is 0 Å². The third-order valence-electron chi connectivity index (χ3n) is 4.19. The predicted molar refractivity (Wildman–Crippen MR) is 92.9 cm³/mol. The van der Waals surface area contributed by atoms with E-state index in [9.17, 15) is 13.6 Å². The minimum atomic E-state index is -0.631. The lowest BCUT2D eigenvalue weighted by atomic mass is 10.0. The largest absolute Gasteiger partial charge is 0.360 e. The van der Waals surface area contributed by atoms with Gasteiger partial charge in [-0.3, -0.25) is 4.79 Å². The molecule has 0 aliphatic carbocycles. The maximum Gasteiger partial charge on any atom is 0.243 e. The van der Waals surface area contributed by atoms with E-state index in [-0.39, 0.29) is 12.5 Å². The number of nitrogens with zero attached hydrogens (tertiary/aromatic N) is 3. The van der Waals surface area contributed by atoms with Crippen LogP contribution in [-0.4, -0.2) is 27.7 Å². The van der Waals surface area contributed by atoms with Crippen molar-refractivity contribution < 1.29 is 13.6 Å². The van der Waals surface area contributed by atoms with Gasteiger partial charge in [-0.05, 0) is 36.6 Å². The topological polar surface area (TPSA) is 58.1 Å². The van der Waals surface area contributed by atoms with E-state index in [0.717, 1.165) is 24.2 Å². The van der Waals surface area contributed by atoms with Gasteiger partial charge in [0.15, 0.2) is 0 Å². The molecule has 0 spiro atoms. The summed E-state index contributed by atoms with van der Waals surface area (Å²) in [6, 6.07) is 7.56. The molecule has 3 aromatic rings. The van der Waals surface area contributed by atoms with Crippen LogP contribution in [-0.2, 0) is 11.2 Å². The Bertz CT molecular complexity index is 959. The quantitative estimate of drug-likeness (QED) is 0.778. The number of aryl methyl sites for hydroxylation is 1. The maximum atomic E-state index is 14.2. The Morgan fingerprint density at radius 2 is 2.16 bits per heavy atom. The summed E-state index contributed by atoms with van der Waals surface area (Å²) in [6.07, 6.45) is 1.35. The molecule has 2 heterocycles. The van der Waals surface area contributed by atoms with Gasteiger partial charge in [0.2, 0.25) is 5.91 Å². The summed E-state index contributed by atoms with van der Waals surface area (Å²) in [5, 5.41) is 2.81. The zero-order valence-corrected chi connectivity index (χ0v) is 13.9. The fraction of sp³-hybridized carbons (Fsp3) is 0.235. The molecular formula is C17H14F2N4OS. The molecule has 1 amide bonds. The zero-order chi connectivity index (χ0) is 17.4. The number of fused-ring (bicyclic) bond motifs is 2. The summed E-state index contributed by atoms with van der Waals surface area (Å²) in [6.45, 7) is 0.537.